The largest absolute Gasteiger partial charge is 0.495 e. The van der Waals surface area contributed by atoms with Crippen LogP contribution in [0.3, 0.4) is 0 Å². The Hall–Kier alpha value is -0.500. The fraction of sp³-hybridized carbons (Fsp3) is 0.833. The van der Waals surface area contributed by atoms with Gasteiger partial charge in [0.15, 0.2) is 0 Å². The van der Waals surface area contributed by atoms with Gasteiger partial charge < -0.3 is 9.84 Å². The van der Waals surface area contributed by atoms with Gasteiger partial charge >= 0.3 is 0 Å². The maximum atomic E-state index is 10.5. The number of hydrogen-bond donors (Lipinski definition) is 1. The minimum absolute atomic E-state index is 0.625. The van der Waals surface area contributed by atoms with Gasteiger partial charge in [0.2, 0.25) is 0 Å². The Morgan fingerprint density at radius 1 is 1.50 bits per heavy atom. The van der Waals surface area contributed by atoms with Crippen LogP contribution < -0.4 is 0 Å². The quantitative estimate of drug-likeness (QED) is 0.698. The van der Waals surface area contributed by atoms with Crippen LogP contribution in [-0.2, 0) is 4.74 Å². The molecule has 1 saturated carbocycles. The molecular weight excluding hydrogens is 176 g/mol. The van der Waals surface area contributed by atoms with E-state index in [1.54, 1.807) is 0 Å². The van der Waals surface area contributed by atoms with Crippen molar-refractivity contribution in [3.8, 4) is 0 Å². The zero-order chi connectivity index (χ0) is 10.0. The number of rotatable bonds is 1. The molecule has 1 heterocycles. The van der Waals surface area contributed by atoms with Gasteiger partial charge in [-0.05, 0) is 44.1 Å². The molecule has 0 amide bonds. The maximum absolute atomic E-state index is 10.5. The van der Waals surface area contributed by atoms with Gasteiger partial charge in [0.25, 0.3) is 0 Å². The van der Waals surface area contributed by atoms with E-state index >= 15 is 0 Å². The summed E-state index contributed by atoms with van der Waals surface area (Å²) in [7, 11) is 0. The van der Waals surface area contributed by atoms with Gasteiger partial charge in [-0.25, -0.2) is 0 Å². The van der Waals surface area contributed by atoms with Crippen molar-refractivity contribution in [3.05, 3.63) is 11.8 Å². The van der Waals surface area contributed by atoms with Gasteiger partial charge in [-0.2, -0.15) is 0 Å². The molecule has 2 heteroatoms. The maximum Gasteiger partial charge on any atom is 0.124 e. The lowest BCUT2D eigenvalue weighted by Gasteiger charge is -2.38. The molecule has 0 aromatic rings. The predicted octanol–water partition coefficient (Wildman–Crippen LogP) is 2.62. The van der Waals surface area contributed by atoms with E-state index in [0.717, 1.165) is 44.5 Å². The Morgan fingerprint density at radius 2 is 2.36 bits per heavy atom. The van der Waals surface area contributed by atoms with Crippen LogP contribution in [0.5, 0.6) is 0 Å². The SMILES string of the molecule is CC1CCCC(O)(C2=CCCCO2)C1. The summed E-state index contributed by atoms with van der Waals surface area (Å²) in [6.07, 6.45) is 8.36. The highest BCUT2D eigenvalue weighted by molar-refractivity contribution is 5.13. The molecule has 14 heavy (non-hydrogen) atoms. The minimum atomic E-state index is -0.641. The van der Waals surface area contributed by atoms with Crippen molar-refractivity contribution in [2.45, 2.75) is 51.0 Å². The van der Waals surface area contributed by atoms with Crippen molar-refractivity contribution in [1.82, 2.24) is 0 Å². The summed E-state index contributed by atoms with van der Waals surface area (Å²) in [5, 5.41) is 10.5. The fourth-order valence-electron chi connectivity index (χ4n) is 2.63. The Labute approximate surface area is 86.0 Å². The lowest BCUT2D eigenvalue weighted by Crippen LogP contribution is -2.38. The second-order valence-corrected chi connectivity index (χ2v) is 4.79. The van der Waals surface area contributed by atoms with Crippen LogP contribution >= 0.6 is 0 Å². The molecule has 0 saturated heterocycles. The first-order valence-corrected chi connectivity index (χ1v) is 5.76. The first-order chi connectivity index (χ1) is 6.71. The Kier molecular flexibility index (Phi) is 2.82. The van der Waals surface area contributed by atoms with Crippen LogP contribution in [0, 0.1) is 5.92 Å². The molecule has 1 fully saturated rings. The second kappa shape index (κ2) is 3.93. The van der Waals surface area contributed by atoms with E-state index in [9.17, 15) is 5.11 Å². The second-order valence-electron chi connectivity index (χ2n) is 4.79. The van der Waals surface area contributed by atoms with Gasteiger partial charge in [0.1, 0.15) is 11.4 Å². The lowest BCUT2D eigenvalue weighted by molar-refractivity contribution is -0.0345. The summed E-state index contributed by atoms with van der Waals surface area (Å²) in [5.41, 5.74) is -0.641. The highest BCUT2D eigenvalue weighted by Gasteiger charge is 2.37. The van der Waals surface area contributed by atoms with Crippen LogP contribution in [0.2, 0.25) is 0 Å². The molecule has 0 bridgehead atoms. The summed E-state index contributed by atoms with van der Waals surface area (Å²) < 4.78 is 5.58. The van der Waals surface area contributed by atoms with E-state index in [0.29, 0.717) is 5.92 Å². The topological polar surface area (TPSA) is 29.5 Å². The fourth-order valence-corrected chi connectivity index (χ4v) is 2.63. The first kappa shape index (κ1) is 10.0. The molecule has 0 spiro atoms. The molecule has 2 rings (SSSR count). The predicted molar refractivity (Wildman–Crippen MR) is 55.9 cm³/mol. The highest BCUT2D eigenvalue weighted by atomic mass is 16.5. The van der Waals surface area contributed by atoms with Crippen molar-refractivity contribution in [3.63, 3.8) is 0 Å². The zero-order valence-corrected chi connectivity index (χ0v) is 8.96. The van der Waals surface area contributed by atoms with Crippen LogP contribution in [0.1, 0.15) is 45.4 Å². The zero-order valence-electron chi connectivity index (χ0n) is 8.96. The van der Waals surface area contributed by atoms with E-state index in [1.807, 2.05) is 0 Å². The first-order valence-electron chi connectivity index (χ1n) is 5.76. The van der Waals surface area contributed by atoms with E-state index in [4.69, 9.17) is 4.74 Å². The molecular formula is C12H20O2. The molecule has 1 N–H and O–H groups in total. The molecule has 1 aliphatic heterocycles. The van der Waals surface area contributed by atoms with Crippen molar-refractivity contribution in [2.24, 2.45) is 5.92 Å². The van der Waals surface area contributed by atoms with Gasteiger partial charge in [0, 0.05) is 0 Å². The summed E-state index contributed by atoms with van der Waals surface area (Å²) in [4.78, 5) is 0. The third-order valence-electron chi connectivity index (χ3n) is 3.37. The van der Waals surface area contributed by atoms with Crippen molar-refractivity contribution in [1.29, 1.82) is 0 Å². The monoisotopic (exact) mass is 196 g/mol. The number of allylic oxidation sites excluding steroid dienone is 1. The van der Waals surface area contributed by atoms with Crippen LogP contribution in [0.4, 0.5) is 0 Å². The van der Waals surface area contributed by atoms with Gasteiger partial charge in [-0.1, -0.05) is 13.3 Å². The molecule has 0 aromatic heterocycles. The molecule has 0 radical (unpaired) electrons. The van der Waals surface area contributed by atoms with E-state index in [1.165, 1.54) is 6.42 Å². The third kappa shape index (κ3) is 1.95. The minimum Gasteiger partial charge on any atom is -0.495 e. The Bertz CT molecular complexity index is 234. The average molecular weight is 196 g/mol. The summed E-state index contributed by atoms with van der Waals surface area (Å²) in [6, 6.07) is 0. The van der Waals surface area contributed by atoms with Gasteiger partial charge in [-0.3, -0.25) is 0 Å². The molecule has 2 aliphatic rings. The molecule has 80 valence electrons. The summed E-state index contributed by atoms with van der Waals surface area (Å²) in [5.74, 6) is 1.48. The van der Waals surface area contributed by atoms with Crippen LogP contribution in [0.15, 0.2) is 11.8 Å². The normalized spacial score (nSPS) is 38.7. The molecule has 2 nitrogen and oxygen atoms in total. The highest BCUT2D eigenvalue weighted by Crippen LogP contribution is 2.38. The standard InChI is InChI=1S/C12H20O2/c1-10-5-4-7-12(13,9-10)11-6-2-3-8-14-11/h6,10,13H,2-5,7-9H2,1H3. The third-order valence-corrected chi connectivity index (χ3v) is 3.37. The van der Waals surface area contributed by atoms with Crippen LogP contribution in [-0.4, -0.2) is 17.3 Å². The number of hydrogen-bond acceptors (Lipinski definition) is 2. The Balaban J connectivity index is 2.09. The van der Waals surface area contributed by atoms with Crippen molar-refractivity contribution in [2.75, 3.05) is 6.61 Å². The van der Waals surface area contributed by atoms with E-state index in [2.05, 4.69) is 13.0 Å². The van der Waals surface area contributed by atoms with Crippen LogP contribution in [0.25, 0.3) is 0 Å². The average Bonchev–Trinajstić information content (AvgIpc) is 2.19. The van der Waals surface area contributed by atoms with Crippen molar-refractivity contribution >= 4 is 0 Å². The lowest BCUT2D eigenvalue weighted by atomic mass is 9.77. The molecule has 0 aromatic carbocycles. The van der Waals surface area contributed by atoms with Gasteiger partial charge in [0.05, 0.1) is 6.61 Å². The van der Waals surface area contributed by atoms with Gasteiger partial charge in [-0.15, -0.1) is 0 Å². The molecule has 1 aliphatic carbocycles. The number of aliphatic hydroxyl groups is 1. The summed E-state index contributed by atoms with van der Waals surface area (Å²) >= 11 is 0. The Morgan fingerprint density at radius 3 is 3.00 bits per heavy atom. The summed E-state index contributed by atoms with van der Waals surface area (Å²) in [6.45, 7) is 3.00. The smallest absolute Gasteiger partial charge is 0.124 e. The van der Waals surface area contributed by atoms with Crippen molar-refractivity contribution < 1.29 is 9.84 Å². The molecule has 2 atom stereocenters. The van der Waals surface area contributed by atoms with E-state index in [-0.39, 0.29) is 0 Å². The van der Waals surface area contributed by atoms with E-state index < -0.39 is 5.60 Å². The number of ether oxygens (including phenoxy) is 1. The molecule has 2 unspecified atom stereocenters.